The Bertz CT molecular complexity index is 1530. The number of alkyl carbamates (subject to hydrolysis) is 1. The molecule has 14 heteroatoms. The van der Waals surface area contributed by atoms with Gasteiger partial charge in [0.05, 0.1) is 23.6 Å². The lowest BCUT2D eigenvalue weighted by molar-refractivity contribution is -0.131. The molecule has 1 atom stereocenters. The lowest BCUT2D eigenvalue weighted by atomic mass is 9.85. The molecule has 0 saturated carbocycles. The molecule has 0 fully saturated rings. The molecule has 3 rings (SSSR count). The number of carbonyl (C=O) groups excluding carboxylic acids is 4. The van der Waals surface area contributed by atoms with E-state index in [0.717, 1.165) is 0 Å². The van der Waals surface area contributed by atoms with Crippen molar-refractivity contribution in [3.05, 3.63) is 70.9 Å². The van der Waals surface area contributed by atoms with E-state index in [-0.39, 0.29) is 37.0 Å². The van der Waals surface area contributed by atoms with Gasteiger partial charge in [-0.15, -0.1) is 0 Å². The molecule has 1 heterocycles. The average molecular weight is 634 g/mol. The maximum absolute atomic E-state index is 13.9. The Morgan fingerprint density at radius 2 is 1.68 bits per heavy atom. The van der Waals surface area contributed by atoms with Crippen molar-refractivity contribution in [2.24, 2.45) is 5.41 Å². The van der Waals surface area contributed by atoms with Crippen molar-refractivity contribution in [3.8, 4) is 0 Å². The highest BCUT2D eigenvalue weighted by Gasteiger charge is 2.34. The van der Waals surface area contributed by atoms with Gasteiger partial charge in [0, 0.05) is 24.7 Å². The predicted octanol–water partition coefficient (Wildman–Crippen LogP) is 5.07. The second-order valence-corrected chi connectivity index (χ2v) is 11.5. The summed E-state index contributed by atoms with van der Waals surface area (Å²) in [7, 11) is 0. The number of amides is 4. The van der Waals surface area contributed by atoms with Crippen LogP contribution in [-0.2, 0) is 25.6 Å². The van der Waals surface area contributed by atoms with E-state index < -0.39 is 53.2 Å². The molecule has 0 spiro atoms. The van der Waals surface area contributed by atoms with Crippen molar-refractivity contribution in [2.45, 2.75) is 46.3 Å². The summed E-state index contributed by atoms with van der Waals surface area (Å²) in [6, 6.07) is 9.82. The van der Waals surface area contributed by atoms with E-state index in [4.69, 9.17) is 21.1 Å². The number of fused-ring (bicyclic) bond motifs is 1. The fourth-order valence-corrected chi connectivity index (χ4v) is 4.06. The topological polar surface area (TPSA) is 148 Å². The molecule has 0 aliphatic rings. The van der Waals surface area contributed by atoms with Gasteiger partial charge in [-0.3, -0.25) is 14.9 Å². The molecule has 0 saturated heterocycles. The molecule has 44 heavy (non-hydrogen) atoms. The molecule has 3 aromatic rings. The first-order chi connectivity index (χ1) is 20.6. The fraction of sp³-hybridized carbons (Fsp3) is 0.367. The third kappa shape index (κ3) is 10.3. The highest BCUT2D eigenvalue weighted by Crippen LogP contribution is 2.24. The Labute approximate surface area is 258 Å². The van der Waals surface area contributed by atoms with E-state index in [1.807, 2.05) is 0 Å². The van der Waals surface area contributed by atoms with Gasteiger partial charge in [-0.05, 0) is 75.4 Å². The van der Waals surface area contributed by atoms with Crippen LogP contribution in [0.15, 0.2) is 48.7 Å². The van der Waals surface area contributed by atoms with Gasteiger partial charge in [-0.2, -0.15) is 0 Å². The normalized spacial score (nSPS) is 12.5. The maximum Gasteiger partial charge on any atom is 0.412 e. The van der Waals surface area contributed by atoms with Gasteiger partial charge in [-0.1, -0.05) is 23.7 Å². The summed E-state index contributed by atoms with van der Waals surface area (Å²) in [5.74, 6) is -2.09. The molecule has 4 amide bonds. The SMILES string of the molecule is CC(C)(C)OC(=O)NCC(=O)NCC(C)(CCOC(=O)Nc1cc2cc(F)ccc2cn1)C(=O)NCc1cccc(F)c1Cl. The third-order valence-electron chi connectivity index (χ3n) is 6.29. The molecule has 4 N–H and O–H groups in total. The van der Waals surface area contributed by atoms with E-state index in [1.54, 1.807) is 32.9 Å². The van der Waals surface area contributed by atoms with Crippen LogP contribution in [0.1, 0.15) is 39.7 Å². The summed E-state index contributed by atoms with van der Waals surface area (Å²) < 4.78 is 37.8. The van der Waals surface area contributed by atoms with Crippen molar-refractivity contribution in [3.63, 3.8) is 0 Å². The Kier molecular flexibility index (Phi) is 11.4. The predicted molar refractivity (Wildman–Crippen MR) is 160 cm³/mol. The lowest BCUT2D eigenvalue weighted by Crippen LogP contribution is -2.49. The summed E-state index contributed by atoms with van der Waals surface area (Å²) >= 11 is 6.00. The molecule has 0 aliphatic heterocycles. The number of halogens is 3. The number of anilines is 1. The van der Waals surface area contributed by atoms with Crippen LogP contribution in [0.4, 0.5) is 24.2 Å². The van der Waals surface area contributed by atoms with Gasteiger partial charge >= 0.3 is 12.2 Å². The highest BCUT2D eigenvalue weighted by atomic mass is 35.5. The van der Waals surface area contributed by atoms with Crippen molar-refractivity contribution in [2.75, 3.05) is 25.0 Å². The Morgan fingerprint density at radius 3 is 2.41 bits per heavy atom. The number of hydrogen-bond acceptors (Lipinski definition) is 7. The van der Waals surface area contributed by atoms with Crippen molar-refractivity contribution < 1.29 is 37.4 Å². The number of aromatic nitrogens is 1. The number of pyridine rings is 1. The zero-order valence-electron chi connectivity index (χ0n) is 24.7. The molecule has 11 nitrogen and oxygen atoms in total. The minimum Gasteiger partial charge on any atom is -0.449 e. The smallest absolute Gasteiger partial charge is 0.412 e. The van der Waals surface area contributed by atoms with Gasteiger partial charge in [0.1, 0.15) is 23.1 Å². The molecular weight excluding hydrogens is 600 g/mol. The highest BCUT2D eigenvalue weighted by molar-refractivity contribution is 6.31. The van der Waals surface area contributed by atoms with Gasteiger partial charge < -0.3 is 25.4 Å². The zero-order valence-corrected chi connectivity index (χ0v) is 25.4. The number of benzene rings is 2. The number of nitrogens with zero attached hydrogens (tertiary/aromatic N) is 1. The summed E-state index contributed by atoms with van der Waals surface area (Å²) in [5, 5.41) is 11.1. The van der Waals surface area contributed by atoms with Crippen LogP contribution < -0.4 is 21.3 Å². The molecular formula is C30H34ClF2N5O6. The van der Waals surface area contributed by atoms with Crippen LogP contribution in [0.25, 0.3) is 10.8 Å². The van der Waals surface area contributed by atoms with E-state index >= 15 is 0 Å². The summed E-state index contributed by atoms with van der Waals surface area (Å²) in [5.41, 5.74) is -1.73. The minimum absolute atomic E-state index is 0.0424. The second-order valence-electron chi connectivity index (χ2n) is 11.2. The Balaban J connectivity index is 1.61. The number of rotatable bonds is 11. The summed E-state index contributed by atoms with van der Waals surface area (Å²) in [6.45, 7) is 5.61. The molecule has 0 bridgehead atoms. The molecule has 2 aromatic carbocycles. The molecule has 236 valence electrons. The van der Waals surface area contributed by atoms with E-state index in [1.165, 1.54) is 43.5 Å². The van der Waals surface area contributed by atoms with Crippen LogP contribution >= 0.6 is 11.6 Å². The summed E-state index contributed by atoms with van der Waals surface area (Å²) in [6.07, 6.45) is -0.227. The average Bonchev–Trinajstić information content (AvgIpc) is 2.94. The monoisotopic (exact) mass is 633 g/mol. The lowest BCUT2D eigenvalue weighted by Gasteiger charge is -2.28. The summed E-state index contributed by atoms with van der Waals surface area (Å²) in [4.78, 5) is 54.2. The van der Waals surface area contributed by atoms with Crippen molar-refractivity contribution >= 4 is 52.2 Å². The van der Waals surface area contributed by atoms with Gasteiger partial charge in [-0.25, -0.2) is 23.4 Å². The fourth-order valence-electron chi connectivity index (χ4n) is 3.87. The minimum atomic E-state index is -1.32. The van der Waals surface area contributed by atoms with E-state index in [0.29, 0.717) is 16.3 Å². The number of carbonyl (C=O) groups is 4. The van der Waals surface area contributed by atoms with Crippen LogP contribution in [0.3, 0.4) is 0 Å². The number of ether oxygens (including phenoxy) is 2. The quantitative estimate of drug-likeness (QED) is 0.230. The van der Waals surface area contributed by atoms with Gasteiger partial charge in [0.25, 0.3) is 0 Å². The Morgan fingerprint density at radius 1 is 0.932 bits per heavy atom. The first-order valence-electron chi connectivity index (χ1n) is 13.6. The zero-order chi connectivity index (χ0) is 32.5. The van der Waals surface area contributed by atoms with Crippen molar-refractivity contribution in [1.29, 1.82) is 0 Å². The third-order valence-corrected chi connectivity index (χ3v) is 6.71. The van der Waals surface area contributed by atoms with Gasteiger partial charge in [0.2, 0.25) is 11.8 Å². The first kappa shape index (κ1) is 34.0. The van der Waals surface area contributed by atoms with E-state index in [2.05, 4.69) is 26.3 Å². The standard InChI is InChI=1S/C30H34ClF2N5O6/c1-29(2,3)44-27(41)36-16-24(39)37-17-30(4,26(40)35-15-19-6-5-7-22(33)25(19)31)10-11-43-28(42)38-23-13-20-12-21(32)9-8-18(20)14-34-23/h5-9,12-14H,10-11,15-17H2,1-4H3,(H,35,40)(H,36,41)(H,37,39)(H,34,38,42). The number of nitrogens with one attached hydrogen (secondary N) is 4. The largest absolute Gasteiger partial charge is 0.449 e. The van der Waals surface area contributed by atoms with Gasteiger partial charge in [0.15, 0.2) is 0 Å². The van der Waals surface area contributed by atoms with E-state index in [9.17, 15) is 28.0 Å². The molecule has 1 unspecified atom stereocenters. The molecule has 0 aliphatic carbocycles. The maximum atomic E-state index is 13.9. The molecule has 1 aromatic heterocycles. The van der Waals surface area contributed by atoms with Crippen LogP contribution in [0.5, 0.6) is 0 Å². The second kappa shape index (κ2) is 14.8. The van der Waals surface area contributed by atoms with Crippen LogP contribution in [0, 0.1) is 17.0 Å². The van der Waals surface area contributed by atoms with Crippen LogP contribution in [0.2, 0.25) is 5.02 Å². The molecule has 0 radical (unpaired) electrons. The van der Waals surface area contributed by atoms with Crippen molar-refractivity contribution in [1.82, 2.24) is 20.9 Å². The Hall–Kier alpha value is -4.52. The van der Waals surface area contributed by atoms with Crippen LogP contribution in [-0.4, -0.2) is 54.3 Å². The number of hydrogen-bond donors (Lipinski definition) is 4. The first-order valence-corrected chi connectivity index (χ1v) is 14.0.